The average Bonchev–Trinajstić information content (AvgIpc) is 2.59. The van der Waals surface area contributed by atoms with Crippen LogP contribution in [0.3, 0.4) is 0 Å². The van der Waals surface area contributed by atoms with Gasteiger partial charge in [0.15, 0.2) is 5.82 Å². The number of benzene rings is 2. The zero-order chi connectivity index (χ0) is 18.1. The van der Waals surface area contributed by atoms with Gasteiger partial charge in [0, 0.05) is 15.8 Å². The van der Waals surface area contributed by atoms with Gasteiger partial charge in [-0.15, -0.1) is 5.10 Å². The summed E-state index contributed by atoms with van der Waals surface area (Å²) in [4.78, 5) is 0. The summed E-state index contributed by atoms with van der Waals surface area (Å²) in [5.41, 5.74) is 4.58. The van der Waals surface area contributed by atoms with Crippen LogP contribution in [0, 0.1) is 32.1 Å². The first-order chi connectivity index (χ1) is 11.9. The van der Waals surface area contributed by atoms with Gasteiger partial charge in [0.05, 0.1) is 23.4 Å². The fraction of sp³-hybridized carbons (Fsp3) is 0.250. The van der Waals surface area contributed by atoms with Gasteiger partial charge in [-0.2, -0.15) is 10.4 Å². The van der Waals surface area contributed by atoms with Crippen molar-refractivity contribution < 1.29 is 0 Å². The molecule has 0 saturated carbocycles. The van der Waals surface area contributed by atoms with Gasteiger partial charge in [-0.05, 0) is 62.6 Å². The maximum absolute atomic E-state index is 9.24. The van der Waals surface area contributed by atoms with Gasteiger partial charge in [0.2, 0.25) is 0 Å². The fourth-order valence-electron chi connectivity index (χ4n) is 3.04. The summed E-state index contributed by atoms with van der Waals surface area (Å²) >= 11 is 6.27. The normalized spacial score (nSPS) is 12.0. The second-order valence-corrected chi connectivity index (χ2v) is 6.69. The molecule has 0 unspecified atom stereocenters. The second kappa shape index (κ2) is 6.70. The number of nitriles is 1. The summed E-state index contributed by atoms with van der Waals surface area (Å²) in [5, 5.41) is 24.0. The van der Waals surface area contributed by atoms with Gasteiger partial charge in [-0.3, -0.25) is 0 Å². The Hall–Kier alpha value is -2.64. The largest absolute Gasteiger partial charge is 0.362 e. The zero-order valence-corrected chi connectivity index (χ0v) is 15.4. The SMILES string of the molecule is Cc1cc2c(N[C@H](C)c3cccc(C#N)c3C)nnc(C)c2cc1Cl. The maximum atomic E-state index is 9.24. The molecule has 1 N–H and O–H groups in total. The number of rotatable bonds is 3. The highest BCUT2D eigenvalue weighted by Crippen LogP contribution is 2.31. The van der Waals surface area contributed by atoms with Crippen LogP contribution in [0.15, 0.2) is 30.3 Å². The van der Waals surface area contributed by atoms with E-state index in [0.717, 1.165) is 44.0 Å². The second-order valence-electron chi connectivity index (χ2n) is 6.28. The minimum Gasteiger partial charge on any atom is -0.362 e. The number of fused-ring (bicyclic) bond motifs is 1. The number of aromatic nitrogens is 2. The highest BCUT2D eigenvalue weighted by molar-refractivity contribution is 6.32. The molecule has 0 saturated heterocycles. The smallest absolute Gasteiger partial charge is 0.157 e. The molecule has 0 aliphatic heterocycles. The molecule has 0 aliphatic rings. The summed E-state index contributed by atoms with van der Waals surface area (Å²) in [6, 6.07) is 12.0. The Bertz CT molecular complexity index is 1000. The van der Waals surface area contributed by atoms with E-state index in [2.05, 4.69) is 28.5 Å². The van der Waals surface area contributed by atoms with Crippen LogP contribution in [0.5, 0.6) is 0 Å². The minimum absolute atomic E-state index is 0.00973. The van der Waals surface area contributed by atoms with Crippen LogP contribution in [0.4, 0.5) is 5.82 Å². The van der Waals surface area contributed by atoms with Crippen molar-refractivity contribution in [1.29, 1.82) is 5.26 Å². The van der Waals surface area contributed by atoms with E-state index < -0.39 is 0 Å². The van der Waals surface area contributed by atoms with E-state index in [-0.39, 0.29) is 6.04 Å². The lowest BCUT2D eigenvalue weighted by Crippen LogP contribution is -2.11. The molecule has 25 heavy (non-hydrogen) atoms. The molecule has 0 amide bonds. The van der Waals surface area contributed by atoms with Crippen molar-refractivity contribution in [1.82, 2.24) is 10.2 Å². The number of nitrogens with one attached hydrogen (secondary N) is 1. The van der Waals surface area contributed by atoms with E-state index in [0.29, 0.717) is 5.56 Å². The molecular formula is C20H19ClN4. The molecule has 5 heteroatoms. The van der Waals surface area contributed by atoms with Crippen molar-refractivity contribution in [3.8, 4) is 6.07 Å². The Kier molecular flexibility index (Phi) is 4.61. The van der Waals surface area contributed by atoms with Gasteiger partial charge in [0.25, 0.3) is 0 Å². The van der Waals surface area contributed by atoms with E-state index >= 15 is 0 Å². The summed E-state index contributed by atoms with van der Waals surface area (Å²) in [5.74, 6) is 0.717. The summed E-state index contributed by atoms with van der Waals surface area (Å²) < 4.78 is 0. The molecular weight excluding hydrogens is 332 g/mol. The van der Waals surface area contributed by atoms with E-state index in [9.17, 15) is 5.26 Å². The van der Waals surface area contributed by atoms with Crippen molar-refractivity contribution in [2.75, 3.05) is 5.32 Å². The van der Waals surface area contributed by atoms with Gasteiger partial charge in [-0.1, -0.05) is 23.7 Å². The Labute approximate surface area is 152 Å². The molecule has 1 atom stereocenters. The van der Waals surface area contributed by atoms with Crippen LogP contribution >= 0.6 is 11.6 Å². The molecule has 1 heterocycles. The molecule has 0 fully saturated rings. The van der Waals surface area contributed by atoms with Gasteiger partial charge in [0.1, 0.15) is 0 Å². The van der Waals surface area contributed by atoms with Crippen LogP contribution in [0.25, 0.3) is 10.8 Å². The monoisotopic (exact) mass is 350 g/mol. The van der Waals surface area contributed by atoms with Gasteiger partial charge < -0.3 is 5.32 Å². The predicted octanol–water partition coefficient (Wildman–Crippen LogP) is 5.25. The molecule has 4 nitrogen and oxygen atoms in total. The molecule has 3 rings (SSSR count). The lowest BCUT2D eigenvalue weighted by molar-refractivity contribution is 0.852. The summed E-state index contributed by atoms with van der Waals surface area (Å²) in [7, 11) is 0. The van der Waals surface area contributed by atoms with E-state index in [1.165, 1.54) is 0 Å². The van der Waals surface area contributed by atoms with E-state index in [1.807, 2.05) is 51.1 Å². The van der Waals surface area contributed by atoms with Crippen molar-refractivity contribution in [2.45, 2.75) is 33.7 Å². The maximum Gasteiger partial charge on any atom is 0.157 e. The topological polar surface area (TPSA) is 61.6 Å². The van der Waals surface area contributed by atoms with E-state index in [1.54, 1.807) is 0 Å². The summed E-state index contributed by atoms with van der Waals surface area (Å²) in [6.45, 7) is 7.93. The highest BCUT2D eigenvalue weighted by atomic mass is 35.5. The Morgan fingerprint density at radius 3 is 2.60 bits per heavy atom. The van der Waals surface area contributed by atoms with Gasteiger partial charge in [-0.25, -0.2) is 0 Å². The molecule has 0 spiro atoms. The molecule has 0 bridgehead atoms. The molecule has 1 aromatic heterocycles. The van der Waals surface area contributed by atoms with Gasteiger partial charge >= 0.3 is 0 Å². The number of anilines is 1. The molecule has 126 valence electrons. The lowest BCUT2D eigenvalue weighted by Gasteiger charge is -2.19. The van der Waals surface area contributed by atoms with E-state index in [4.69, 9.17) is 11.6 Å². The highest BCUT2D eigenvalue weighted by Gasteiger charge is 2.15. The quantitative estimate of drug-likeness (QED) is 0.700. The molecule has 3 aromatic rings. The van der Waals surface area contributed by atoms with Crippen molar-refractivity contribution in [3.63, 3.8) is 0 Å². The average molecular weight is 351 g/mol. The Morgan fingerprint density at radius 2 is 1.88 bits per heavy atom. The lowest BCUT2D eigenvalue weighted by atomic mass is 9.98. The minimum atomic E-state index is -0.00973. The fourth-order valence-corrected chi connectivity index (χ4v) is 3.21. The van der Waals surface area contributed by atoms with Crippen LogP contribution < -0.4 is 5.32 Å². The number of aryl methyl sites for hydroxylation is 2. The molecule has 0 radical (unpaired) electrons. The Balaban J connectivity index is 2.05. The first-order valence-corrected chi connectivity index (χ1v) is 8.49. The standard InChI is InChI=1S/C20H19ClN4/c1-11-8-18-17(9-19(11)21)14(4)24-25-20(18)23-13(3)16-7-5-6-15(10-22)12(16)2/h5-9,13H,1-4H3,(H,23,25)/t13-/m1/s1. The third kappa shape index (κ3) is 3.16. The number of nitrogens with zero attached hydrogens (tertiary/aromatic N) is 3. The van der Waals surface area contributed by atoms with Crippen molar-refractivity contribution in [2.24, 2.45) is 0 Å². The van der Waals surface area contributed by atoms with Crippen LogP contribution in [0.2, 0.25) is 5.02 Å². The Morgan fingerprint density at radius 1 is 1.12 bits per heavy atom. The first kappa shape index (κ1) is 17.2. The number of halogens is 1. The molecule has 0 aliphatic carbocycles. The first-order valence-electron chi connectivity index (χ1n) is 8.11. The summed E-state index contributed by atoms with van der Waals surface area (Å²) in [6.07, 6.45) is 0. The predicted molar refractivity (Wildman–Crippen MR) is 102 cm³/mol. The van der Waals surface area contributed by atoms with Crippen molar-refractivity contribution in [3.05, 3.63) is 63.3 Å². The van der Waals surface area contributed by atoms with Crippen LogP contribution in [-0.4, -0.2) is 10.2 Å². The van der Waals surface area contributed by atoms with Crippen LogP contribution in [-0.2, 0) is 0 Å². The van der Waals surface area contributed by atoms with Crippen molar-refractivity contribution >= 4 is 28.2 Å². The van der Waals surface area contributed by atoms with Crippen LogP contribution in [0.1, 0.15) is 40.9 Å². The third-order valence-electron chi connectivity index (χ3n) is 4.56. The molecule has 2 aromatic carbocycles. The number of hydrogen-bond donors (Lipinski definition) is 1. The number of hydrogen-bond acceptors (Lipinski definition) is 4. The third-order valence-corrected chi connectivity index (χ3v) is 4.97. The zero-order valence-electron chi connectivity index (χ0n) is 14.7.